The number of nitrogens with one attached hydrogen (secondary N) is 1. The van der Waals surface area contributed by atoms with Crippen molar-refractivity contribution in [2.45, 2.75) is 39.3 Å². The zero-order valence-corrected chi connectivity index (χ0v) is 10.0. The van der Waals surface area contributed by atoms with Crippen molar-refractivity contribution >= 4 is 5.91 Å². The number of amides is 1. The van der Waals surface area contributed by atoms with E-state index in [2.05, 4.69) is 10.3 Å². The third-order valence-corrected chi connectivity index (χ3v) is 2.35. The second-order valence-corrected chi connectivity index (χ2v) is 4.22. The molecule has 0 aliphatic heterocycles. The van der Waals surface area contributed by atoms with E-state index in [0.29, 0.717) is 5.56 Å². The minimum absolute atomic E-state index is 0.0760. The van der Waals surface area contributed by atoms with Gasteiger partial charge in [-0.15, -0.1) is 0 Å². The van der Waals surface area contributed by atoms with Gasteiger partial charge in [-0.1, -0.05) is 0 Å². The van der Waals surface area contributed by atoms with Crippen LogP contribution in [-0.2, 0) is 0 Å². The second kappa shape index (κ2) is 5.61. The van der Waals surface area contributed by atoms with E-state index in [1.54, 1.807) is 18.3 Å². The standard InChI is InChI=1S/C12H19N3O/c1-8(13)7-9(2)15-12(16)11-5-4-6-14-10(11)3/h4-6,8-9H,7,13H2,1-3H3,(H,15,16). The van der Waals surface area contributed by atoms with Crippen LogP contribution in [0.25, 0.3) is 0 Å². The van der Waals surface area contributed by atoms with Crippen LogP contribution >= 0.6 is 0 Å². The molecular weight excluding hydrogens is 202 g/mol. The molecule has 0 aliphatic rings. The molecule has 0 aromatic carbocycles. The molecule has 0 radical (unpaired) electrons. The lowest BCUT2D eigenvalue weighted by atomic mass is 10.1. The maximum Gasteiger partial charge on any atom is 0.253 e. The monoisotopic (exact) mass is 221 g/mol. The summed E-state index contributed by atoms with van der Waals surface area (Å²) in [5.41, 5.74) is 7.04. The third kappa shape index (κ3) is 3.62. The summed E-state index contributed by atoms with van der Waals surface area (Å²) in [6, 6.07) is 3.70. The number of aromatic nitrogens is 1. The highest BCUT2D eigenvalue weighted by Gasteiger charge is 2.12. The maximum atomic E-state index is 11.9. The first-order chi connectivity index (χ1) is 7.50. The minimum Gasteiger partial charge on any atom is -0.349 e. The first-order valence-electron chi connectivity index (χ1n) is 5.48. The fourth-order valence-corrected chi connectivity index (χ4v) is 1.64. The van der Waals surface area contributed by atoms with Crippen molar-refractivity contribution in [2.75, 3.05) is 0 Å². The van der Waals surface area contributed by atoms with Gasteiger partial charge in [0.15, 0.2) is 0 Å². The summed E-state index contributed by atoms with van der Waals surface area (Å²) >= 11 is 0. The fourth-order valence-electron chi connectivity index (χ4n) is 1.64. The Morgan fingerprint density at radius 1 is 1.56 bits per heavy atom. The van der Waals surface area contributed by atoms with Gasteiger partial charge in [0, 0.05) is 24.0 Å². The van der Waals surface area contributed by atoms with E-state index in [-0.39, 0.29) is 18.0 Å². The summed E-state index contributed by atoms with van der Waals surface area (Å²) in [4.78, 5) is 15.9. The molecule has 0 fully saturated rings. The Labute approximate surface area is 96.3 Å². The Kier molecular flexibility index (Phi) is 4.43. The molecular formula is C12H19N3O. The predicted molar refractivity (Wildman–Crippen MR) is 64.2 cm³/mol. The minimum atomic E-state index is -0.0845. The highest BCUT2D eigenvalue weighted by atomic mass is 16.1. The molecule has 0 aliphatic carbocycles. The zero-order chi connectivity index (χ0) is 12.1. The molecule has 0 saturated heterocycles. The number of nitrogens with two attached hydrogens (primary N) is 1. The zero-order valence-electron chi connectivity index (χ0n) is 10.0. The molecule has 0 bridgehead atoms. The van der Waals surface area contributed by atoms with E-state index in [1.807, 2.05) is 20.8 Å². The quantitative estimate of drug-likeness (QED) is 0.804. The van der Waals surface area contributed by atoms with Crippen molar-refractivity contribution in [1.82, 2.24) is 10.3 Å². The highest BCUT2D eigenvalue weighted by molar-refractivity contribution is 5.95. The van der Waals surface area contributed by atoms with E-state index >= 15 is 0 Å². The van der Waals surface area contributed by atoms with Gasteiger partial charge in [0.25, 0.3) is 5.91 Å². The van der Waals surface area contributed by atoms with Gasteiger partial charge in [0.05, 0.1) is 5.56 Å². The average molecular weight is 221 g/mol. The lowest BCUT2D eigenvalue weighted by Gasteiger charge is -2.16. The molecule has 2 unspecified atom stereocenters. The molecule has 0 spiro atoms. The van der Waals surface area contributed by atoms with Crippen molar-refractivity contribution in [3.05, 3.63) is 29.6 Å². The number of rotatable bonds is 4. The summed E-state index contributed by atoms with van der Waals surface area (Å²) in [5.74, 6) is -0.0845. The Morgan fingerprint density at radius 2 is 2.25 bits per heavy atom. The maximum absolute atomic E-state index is 11.9. The van der Waals surface area contributed by atoms with Crippen molar-refractivity contribution in [3.63, 3.8) is 0 Å². The van der Waals surface area contributed by atoms with Gasteiger partial charge >= 0.3 is 0 Å². The van der Waals surface area contributed by atoms with Gasteiger partial charge < -0.3 is 11.1 Å². The SMILES string of the molecule is Cc1ncccc1C(=O)NC(C)CC(C)N. The molecule has 1 amide bonds. The normalized spacial score (nSPS) is 14.2. The van der Waals surface area contributed by atoms with Crippen LogP contribution in [0.2, 0.25) is 0 Å². The molecule has 88 valence electrons. The second-order valence-electron chi connectivity index (χ2n) is 4.22. The molecule has 1 rings (SSSR count). The molecule has 4 nitrogen and oxygen atoms in total. The first-order valence-corrected chi connectivity index (χ1v) is 5.48. The summed E-state index contributed by atoms with van der Waals surface area (Å²) in [7, 11) is 0. The number of hydrogen-bond donors (Lipinski definition) is 2. The van der Waals surface area contributed by atoms with Crippen LogP contribution in [0.5, 0.6) is 0 Å². The molecule has 2 atom stereocenters. The number of carbonyl (C=O) groups excluding carboxylic acids is 1. The molecule has 3 N–H and O–H groups in total. The van der Waals surface area contributed by atoms with Crippen LogP contribution < -0.4 is 11.1 Å². The topological polar surface area (TPSA) is 68.0 Å². The Bertz CT molecular complexity index is 363. The summed E-state index contributed by atoms with van der Waals surface area (Å²) in [6.45, 7) is 5.70. The lowest BCUT2D eigenvalue weighted by molar-refractivity contribution is 0.0936. The van der Waals surface area contributed by atoms with Gasteiger partial charge in [-0.05, 0) is 39.3 Å². The number of aryl methyl sites for hydroxylation is 1. The van der Waals surface area contributed by atoms with E-state index in [9.17, 15) is 4.79 Å². The number of nitrogens with zero attached hydrogens (tertiary/aromatic N) is 1. The van der Waals surface area contributed by atoms with E-state index in [1.165, 1.54) is 0 Å². The summed E-state index contributed by atoms with van der Waals surface area (Å²) < 4.78 is 0. The van der Waals surface area contributed by atoms with Crippen LogP contribution in [0, 0.1) is 6.92 Å². The van der Waals surface area contributed by atoms with Gasteiger partial charge in [-0.2, -0.15) is 0 Å². The molecule has 16 heavy (non-hydrogen) atoms. The van der Waals surface area contributed by atoms with Crippen LogP contribution in [-0.4, -0.2) is 23.0 Å². The number of carbonyl (C=O) groups is 1. The Morgan fingerprint density at radius 3 is 2.81 bits per heavy atom. The van der Waals surface area contributed by atoms with Crippen molar-refractivity contribution < 1.29 is 4.79 Å². The average Bonchev–Trinajstić information content (AvgIpc) is 2.16. The Hall–Kier alpha value is -1.42. The van der Waals surface area contributed by atoms with Gasteiger partial charge in [-0.25, -0.2) is 0 Å². The fraction of sp³-hybridized carbons (Fsp3) is 0.500. The molecule has 1 heterocycles. The third-order valence-electron chi connectivity index (χ3n) is 2.35. The Balaban J connectivity index is 2.63. The summed E-state index contributed by atoms with van der Waals surface area (Å²) in [6.07, 6.45) is 2.45. The van der Waals surface area contributed by atoms with Gasteiger partial charge in [-0.3, -0.25) is 9.78 Å². The van der Waals surface area contributed by atoms with Crippen molar-refractivity contribution in [2.24, 2.45) is 5.73 Å². The van der Waals surface area contributed by atoms with Crippen LogP contribution in [0.3, 0.4) is 0 Å². The number of pyridine rings is 1. The van der Waals surface area contributed by atoms with Crippen LogP contribution in [0.1, 0.15) is 36.3 Å². The molecule has 0 saturated carbocycles. The van der Waals surface area contributed by atoms with E-state index in [4.69, 9.17) is 5.73 Å². The van der Waals surface area contributed by atoms with E-state index in [0.717, 1.165) is 12.1 Å². The molecule has 4 heteroatoms. The van der Waals surface area contributed by atoms with Crippen molar-refractivity contribution in [1.29, 1.82) is 0 Å². The predicted octanol–water partition coefficient (Wildman–Crippen LogP) is 1.25. The van der Waals surface area contributed by atoms with Crippen LogP contribution in [0.4, 0.5) is 0 Å². The largest absolute Gasteiger partial charge is 0.349 e. The smallest absolute Gasteiger partial charge is 0.253 e. The molecule has 1 aromatic heterocycles. The van der Waals surface area contributed by atoms with Crippen LogP contribution in [0.15, 0.2) is 18.3 Å². The van der Waals surface area contributed by atoms with Crippen molar-refractivity contribution in [3.8, 4) is 0 Å². The summed E-state index contributed by atoms with van der Waals surface area (Å²) in [5, 5.41) is 2.91. The van der Waals surface area contributed by atoms with Gasteiger partial charge in [0.2, 0.25) is 0 Å². The first kappa shape index (κ1) is 12.6. The number of hydrogen-bond acceptors (Lipinski definition) is 3. The molecule has 1 aromatic rings. The lowest BCUT2D eigenvalue weighted by Crippen LogP contribution is -2.36. The van der Waals surface area contributed by atoms with Gasteiger partial charge in [0.1, 0.15) is 0 Å². The highest BCUT2D eigenvalue weighted by Crippen LogP contribution is 2.04. The van der Waals surface area contributed by atoms with E-state index < -0.39 is 0 Å².